The molecule has 2 heterocycles. The summed E-state index contributed by atoms with van der Waals surface area (Å²) in [5.41, 5.74) is 7.51. The van der Waals surface area contributed by atoms with Crippen molar-refractivity contribution < 1.29 is 0 Å². The van der Waals surface area contributed by atoms with Crippen LogP contribution in [0.25, 0.3) is 82.6 Å². The molecule has 0 fully saturated rings. The van der Waals surface area contributed by atoms with Crippen LogP contribution >= 0.6 is 0 Å². The van der Waals surface area contributed by atoms with E-state index in [-0.39, 0.29) is 0 Å². The van der Waals surface area contributed by atoms with Crippen LogP contribution < -0.4 is 0 Å². The molecule has 0 aliphatic carbocycles. The Balaban J connectivity index is 1.35. The Morgan fingerprint density at radius 3 is 1.84 bits per heavy atom. The second kappa shape index (κ2) is 9.37. The average Bonchev–Trinajstić information content (AvgIpc) is 3.41. The molecule has 0 radical (unpaired) electrons. The average molecular weight is 548 g/mol. The number of benzene rings is 7. The van der Waals surface area contributed by atoms with E-state index < -0.39 is 0 Å². The predicted molar refractivity (Wildman–Crippen MR) is 180 cm³/mol. The summed E-state index contributed by atoms with van der Waals surface area (Å²) in [5.74, 6) is 0.673. The summed E-state index contributed by atoms with van der Waals surface area (Å²) >= 11 is 0. The number of para-hydroxylation sites is 1. The van der Waals surface area contributed by atoms with Crippen molar-refractivity contribution in [1.29, 1.82) is 0 Å². The van der Waals surface area contributed by atoms with Gasteiger partial charge in [-0.05, 0) is 56.9 Å². The second-order valence-electron chi connectivity index (χ2n) is 11.1. The van der Waals surface area contributed by atoms with Gasteiger partial charge in [-0.1, -0.05) is 127 Å². The van der Waals surface area contributed by atoms with Crippen molar-refractivity contribution in [3.05, 3.63) is 152 Å². The van der Waals surface area contributed by atoms with Crippen LogP contribution in [0, 0.1) is 0 Å². The molecule has 0 bridgehead atoms. The molecule has 3 nitrogen and oxygen atoms in total. The minimum atomic E-state index is 0.673. The Bertz CT molecular complexity index is 2490. The minimum absolute atomic E-state index is 0.673. The van der Waals surface area contributed by atoms with E-state index in [1.54, 1.807) is 0 Å². The molecule has 200 valence electrons. The highest BCUT2D eigenvalue weighted by Crippen LogP contribution is 2.39. The molecular formula is C40H25N3. The van der Waals surface area contributed by atoms with Crippen LogP contribution in [0.15, 0.2) is 152 Å². The molecule has 0 N–H and O–H groups in total. The highest BCUT2D eigenvalue weighted by atomic mass is 15.2. The lowest BCUT2D eigenvalue weighted by Gasteiger charge is -2.12. The molecule has 43 heavy (non-hydrogen) atoms. The van der Waals surface area contributed by atoms with Crippen LogP contribution in [0.2, 0.25) is 0 Å². The Hall–Kier alpha value is -5.80. The number of hydrogen-bond acceptors (Lipinski definition) is 2. The van der Waals surface area contributed by atoms with Gasteiger partial charge in [0.2, 0.25) is 5.95 Å². The van der Waals surface area contributed by atoms with Gasteiger partial charge in [0.15, 0.2) is 0 Å². The number of fused-ring (bicyclic) bond motifs is 7. The summed E-state index contributed by atoms with van der Waals surface area (Å²) in [6, 6.07) is 53.7. The van der Waals surface area contributed by atoms with Gasteiger partial charge in [0.1, 0.15) is 0 Å². The molecule has 0 unspecified atom stereocenters. The maximum Gasteiger partial charge on any atom is 0.235 e. The van der Waals surface area contributed by atoms with Gasteiger partial charge in [0.25, 0.3) is 0 Å². The molecule has 0 aliphatic rings. The van der Waals surface area contributed by atoms with Crippen LogP contribution in [0.4, 0.5) is 0 Å². The lowest BCUT2D eigenvalue weighted by Crippen LogP contribution is -2.03. The van der Waals surface area contributed by atoms with Crippen molar-refractivity contribution in [2.75, 3.05) is 0 Å². The first-order chi connectivity index (χ1) is 21.3. The van der Waals surface area contributed by atoms with Crippen LogP contribution in [-0.4, -0.2) is 14.5 Å². The van der Waals surface area contributed by atoms with E-state index in [1.165, 1.54) is 43.4 Å². The lowest BCUT2D eigenvalue weighted by molar-refractivity contribution is 1.01. The third-order valence-corrected chi connectivity index (χ3v) is 8.58. The monoisotopic (exact) mass is 547 g/mol. The van der Waals surface area contributed by atoms with Gasteiger partial charge in [0.05, 0.1) is 22.2 Å². The van der Waals surface area contributed by atoms with Crippen molar-refractivity contribution in [3.63, 3.8) is 0 Å². The summed E-state index contributed by atoms with van der Waals surface area (Å²) in [6.45, 7) is 0. The molecule has 2 aromatic heterocycles. The van der Waals surface area contributed by atoms with Crippen molar-refractivity contribution in [2.24, 2.45) is 0 Å². The van der Waals surface area contributed by atoms with E-state index in [0.717, 1.165) is 33.2 Å². The van der Waals surface area contributed by atoms with E-state index in [0.29, 0.717) is 5.95 Å². The van der Waals surface area contributed by atoms with Gasteiger partial charge in [-0.2, -0.15) is 0 Å². The highest BCUT2D eigenvalue weighted by molar-refractivity contribution is 6.23. The molecule has 9 aromatic rings. The van der Waals surface area contributed by atoms with E-state index in [9.17, 15) is 0 Å². The third kappa shape index (κ3) is 3.75. The zero-order valence-corrected chi connectivity index (χ0v) is 23.3. The molecule has 0 atom stereocenters. The van der Waals surface area contributed by atoms with Gasteiger partial charge in [-0.25, -0.2) is 9.97 Å². The molecule has 0 saturated carbocycles. The number of nitrogens with zero attached hydrogens (tertiary/aromatic N) is 3. The summed E-state index contributed by atoms with van der Waals surface area (Å²) in [4.78, 5) is 10.5. The highest BCUT2D eigenvalue weighted by Gasteiger charge is 2.19. The maximum atomic E-state index is 5.33. The van der Waals surface area contributed by atoms with Gasteiger partial charge in [-0.3, -0.25) is 4.57 Å². The van der Waals surface area contributed by atoms with Gasteiger partial charge in [0, 0.05) is 21.7 Å². The minimum Gasteiger partial charge on any atom is -0.278 e. The smallest absolute Gasteiger partial charge is 0.235 e. The Labute approximate surface area is 248 Å². The zero-order chi connectivity index (χ0) is 28.3. The molecule has 0 spiro atoms. The lowest BCUT2D eigenvalue weighted by atomic mass is 10.0. The summed E-state index contributed by atoms with van der Waals surface area (Å²) in [5, 5.41) is 8.34. The van der Waals surface area contributed by atoms with E-state index in [1.807, 2.05) is 12.1 Å². The van der Waals surface area contributed by atoms with Crippen LogP contribution in [0.5, 0.6) is 0 Å². The Morgan fingerprint density at radius 2 is 1.02 bits per heavy atom. The number of hydrogen-bond donors (Lipinski definition) is 0. The molecule has 0 amide bonds. The summed E-state index contributed by atoms with van der Waals surface area (Å²) in [7, 11) is 0. The molecule has 0 saturated heterocycles. The number of rotatable bonds is 3. The fourth-order valence-electron chi connectivity index (χ4n) is 6.52. The maximum absolute atomic E-state index is 5.33. The quantitative estimate of drug-likeness (QED) is 0.220. The van der Waals surface area contributed by atoms with Crippen molar-refractivity contribution in [2.45, 2.75) is 0 Å². The Kier molecular flexibility index (Phi) is 5.20. The third-order valence-electron chi connectivity index (χ3n) is 8.58. The summed E-state index contributed by atoms with van der Waals surface area (Å²) in [6.07, 6.45) is 0. The molecule has 3 heteroatoms. The first kappa shape index (κ1) is 23.9. The summed E-state index contributed by atoms with van der Waals surface area (Å²) < 4.78 is 2.25. The standard InChI is InChI=1S/C40H25N3/c1-2-10-26(11-3-1)27-18-20-29(21-19-27)39-33-16-8-9-17-35(33)41-40(42-39)43-36-23-22-28-12-6-7-15-32(28)38(36)34-24-30-13-4-5-14-31(30)25-37(34)43/h1-25H. The SMILES string of the molecule is c1ccc(-c2ccc(-c3nc(-n4c5cc6ccccc6cc5c5c6ccccc6ccc54)nc4ccccc34)cc2)cc1. The molecule has 7 aromatic carbocycles. The molecule has 0 aliphatic heterocycles. The van der Waals surface area contributed by atoms with Crippen molar-refractivity contribution in [1.82, 2.24) is 14.5 Å². The zero-order valence-electron chi connectivity index (χ0n) is 23.3. The fourth-order valence-corrected chi connectivity index (χ4v) is 6.52. The van der Waals surface area contributed by atoms with E-state index >= 15 is 0 Å². The van der Waals surface area contributed by atoms with E-state index in [2.05, 4.69) is 144 Å². The first-order valence-corrected chi connectivity index (χ1v) is 14.6. The first-order valence-electron chi connectivity index (χ1n) is 14.6. The molecule has 9 rings (SSSR count). The van der Waals surface area contributed by atoms with Gasteiger partial charge in [-0.15, -0.1) is 0 Å². The normalized spacial score (nSPS) is 11.7. The number of aromatic nitrogens is 3. The van der Waals surface area contributed by atoms with Crippen LogP contribution in [-0.2, 0) is 0 Å². The topological polar surface area (TPSA) is 30.7 Å². The van der Waals surface area contributed by atoms with Crippen molar-refractivity contribution >= 4 is 54.3 Å². The van der Waals surface area contributed by atoms with Gasteiger partial charge < -0.3 is 0 Å². The van der Waals surface area contributed by atoms with Gasteiger partial charge >= 0.3 is 0 Å². The largest absolute Gasteiger partial charge is 0.278 e. The van der Waals surface area contributed by atoms with Crippen LogP contribution in [0.3, 0.4) is 0 Å². The van der Waals surface area contributed by atoms with E-state index in [4.69, 9.17) is 9.97 Å². The Morgan fingerprint density at radius 1 is 0.395 bits per heavy atom. The predicted octanol–water partition coefficient (Wildman–Crippen LogP) is 10.4. The molecular weight excluding hydrogens is 522 g/mol. The van der Waals surface area contributed by atoms with Crippen LogP contribution in [0.1, 0.15) is 0 Å². The second-order valence-corrected chi connectivity index (χ2v) is 11.1. The van der Waals surface area contributed by atoms with Crippen molar-refractivity contribution in [3.8, 4) is 28.3 Å². The fraction of sp³-hybridized carbons (Fsp3) is 0.